The van der Waals surface area contributed by atoms with E-state index in [1.807, 2.05) is 19.1 Å². The van der Waals surface area contributed by atoms with Gasteiger partial charge in [-0.2, -0.15) is 5.10 Å². The molecule has 0 radical (unpaired) electrons. The lowest BCUT2D eigenvalue weighted by Crippen LogP contribution is -2.30. The smallest absolute Gasteiger partial charge is 0.341 e. The number of ether oxygens (including phenoxy) is 1. The Morgan fingerprint density at radius 2 is 2.15 bits per heavy atom. The summed E-state index contributed by atoms with van der Waals surface area (Å²) in [5, 5.41) is 4.23. The first-order valence-electron chi connectivity index (χ1n) is 6.50. The molecule has 2 aromatic heterocycles. The largest absolute Gasteiger partial charge is 0.462 e. The van der Waals surface area contributed by atoms with Gasteiger partial charge in [0.2, 0.25) is 0 Å². The minimum absolute atomic E-state index is 0.152. The summed E-state index contributed by atoms with van der Waals surface area (Å²) in [5.41, 5.74) is 7.46. The van der Waals surface area contributed by atoms with Crippen molar-refractivity contribution in [1.29, 1.82) is 0 Å². The number of nitrogens with zero attached hydrogens (tertiary/aromatic N) is 3. The summed E-state index contributed by atoms with van der Waals surface area (Å²) in [5.74, 6) is -0.378. The number of aromatic nitrogens is 3. The molecule has 0 amide bonds. The normalized spacial score (nSPS) is 13.8. The zero-order valence-corrected chi connectivity index (χ0v) is 11.6. The minimum atomic E-state index is -0.378. The molecular weight excluding hydrogens is 256 g/mol. The van der Waals surface area contributed by atoms with Crippen LogP contribution in [0.25, 0.3) is 0 Å². The van der Waals surface area contributed by atoms with Crippen molar-refractivity contribution >= 4 is 5.97 Å². The maximum absolute atomic E-state index is 11.7. The van der Waals surface area contributed by atoms with E-state index in [0.29, 0.717) is 12.2 Å². The zero-order chi connectivity index (χ0) is 14.5. The average Bonchev–Trinajstić information content (AvgIpc) is 2.89. The highest BCUT2D eigenvalue weighted by Gasteiger charge is 2.20. The van der Waals surface area contributed by atoms with E-state index in [2.05, 4.69) is 10.1 Å². The van der Waals surface area contributed by atoms with E-state index in [-0.39, 0.29) is 18.1 Å². The summed E-state index contributed by atoms with van der Waals surface area (Å²) >= 11 is 0. The van der Waals surface area contributed by atoms with Gasteiger partial charge in [-0.05, 0) is 31.5 Å². The lowest BCUT2D eigenvalue weighted by Gasteiger charge is -2.21. The van der Waals surface area contributed by atoms with Crippen LogP contribution in [0.1, 0.15) is 35.8 Å². The van der Waals surface area contributed by atoms with Crippen LogP contribution >= 0.6 is 0 Å². The van der Waals surface area contributed by atoms with Crippen molar-refractivity contribution < 1.29 is 9.53 Å². The Hall–Kier alpha value is -2.21. The predicted octanol–water partition coefficient (Wildman–Crippen LogP) is 1.39. The molecule has 0 aromatic carbocycles. The lowest BCUT2D eigenvalue weighted by atomic mass is 10.0. The molecule has 0 aliphatic rings. The Labute approximate surface area is 117 Å². The number of hydrogen-bond acceptors (Lipinski definition) is 5. The molecule has 0 bridgehead atoms. The molecule has 2 rings (SSSR count). The second-order valence-electron chi connectivity index (χ2n) is 4.51. The van der Waals surface area contributed by atoms with Gasteiger partial charge in [-0.1, -0.05) is 0 Å². The maximum Gasteiger partial charge on any atom is 0.341 e. The van der Waals surface area contributed by atoms with Gasteiger partial charge < -0.3 is 10.5 Å². The first-order chi connectivity index (χ1) is 9.63. The highest BCUT2D eigenvalue weighted by atomic mass is 16.5. The van der Waals surface area contributed by atoms with E-state index in [1.54, 1.807) is 30.2 Å². The summed E-state index contributed by atoms with van der Waals surface area (Å²) in [4.78, 5) is 15.7. The molecule has 6 nitrogen and oxygen atoms in total. The number of rotatable bonds is 5. The maximum atomic E-state index is 11.7. The van der Waals surface area contributed by atoms with Gasteiger partial charge in [0.15, 0.2) is 0 Å². The molecule has 0 saturated heterocycles. The molecule has 0 aliphatic heterocycles. The van der Waals surface area contributed by atoms with Crippen molar-refractivity contribution in [2.75, 3.05) is 6.61 Å². The SMILES string of the molecule is CCOC(=O)c1cnn(C(c2ccncc2)C(C)N)c1. The number of pyridine rings is 1. The standard InChI is InChI=1S/C14H18N4O2/c1-3-20-14(19)12-8-17-18(9-12)13(10(2)15)11-4-6-16-7-5-11/h4-10,13H,3,15H2,1-2H3. The van der Waals surface area contributed by atoms with Gasteiger partial charge in [-0.25, -0.2) is 4.79 Å². The van der Waals surface area contributed by atoms with Crippen LogP contribution in [0, 0.1) is 0 Å². The first kappa shape index (κ1) is 14.2. The van der Waals surface area contributed by atoms with Crippen LogP contribution in [0.5, 0.6) is 0 Å². The van der Waals surface area contributed by atoms with Crippen LogP contribution in [0.2, 0.25) is 0 Å². The summed E-state index contributed by atoms with van der Waals surface area (Å²) in [6, 6.07) is 3.47. The monoisotopic (exact) mass is 274 g/mol. The van der Waals surface area contributed by atoms with E-state index in [9.17, 15) is 4.79 Å². The van der Waals surface area contributed by atoms with Gasteiger partial charge in [-0.3, -0.25) is 9.67 Å². The van der Waals surface area contributed by atoms with Crippen LogP contribution in [0.15, 0.2) is 36.9 Å². The highest BCUT2D eigenvalue weighted by Crippen LogP contribution is 2.20. The van der Waals surface area contributed by atoms with Crippen molar-refractivity contribution in [1.82, 2.24) is 14.8 Å². The van der Waals surface area contributed by atoms with Crippen molar-refractivity contribution in [2.45, 2.75) is 25.9 Å². The Morgan fingerprint density at radius 1 is 1.45 bits per heavy atom. The van der Waals surface area contributed by atoms with Crippen LogP contribution in [-0.4, -0.2) is 33.4 Å². The minimum Gasteiger partial charge on any atom is -0.462 e. The summed E-state index contributed by atoms with van der Waals surface area (Å²) in [6.45, 7) is 4.01. The third kappa shape index (κ3) is 3.03. The molecule has 0 spiro atoms. The molecule has 2 unspecified atom stereocenters. The van der Waals surface area contributed by atoms with Crippen molar-refractivity contribution in [3.05, 3.63) is 48.0 Å². The van der Waals surface area contributed by atoms with Crippen LogP contribution in [0.4, 0.5) is 0 Å². The Bertz CT molecular complexity index is 566. The van der Waals surface area contributed by atoms with Gasteiger partial charge in [-0.15, -0.1) is 0 Å². The van der Waals surface area contributed by atoms with Crippen molar-refractivity contribution in [3.8, 4) is 0 Å². The Kier molecular flexibility index (Phi) is 4.47. The highest BCUT2D eigenvalue weighted by molar-refractivity contribution is 5.88. The van der Waals surface area contributed by atoms with E-state index >= 15 is 0 Å². The molecule has 0 saturated carbocycles. The predicted molar refractivity (Wildman–Crippen MR) is 74.2 cm³/mol. The number of carbonyl (C=O) groups excluding carboxylic acids is 1. The first-order valence-corrected chi connectivity index (χ1v) is 6.50. The van der Waals surface area contributed by atoms with Crippen molar-refractivity contribution in [3.63, 3.8) is 0 Å². The lowest BCUT2D eigenvalue weighted by molar-refractivity contribution is 0.0526. The number of esters is 1. The molecule has 2 heterocycles. The van der Waals surface area contributed by atoms with Crippen molar-refractivity contribution in [2.24, 2.45) is 5.73 Å². The third-order valence-electron chi connectivity index (χ3n) is 2.94. The average molecular weight is 274 g/mol. The number of nitrogens with two attached hydrogens (primary N) is 1. The fourth-order valence-corrected chi connectivity index (χ4v) is 2.07. The summed E-state index contributed by atoms with van der Waals surface area (Å²) < 4.78 is 6.64. The molecule has 0 aliphatic carbocycles. The second-order valence-corrected chi connectivity index (χ2v) is 4.51. The number of carbonyl (C=O) groups is 1. The van der Waals surface area contributed by atoms with E-state index in [0.717, 1.165) is 5.56 Å². The van der Waals surface area contributed by atoms with Crippen LogP contribution < -0.4 is 5.73 Å². The molecule has 0 fully saturated rings. The third-order valence-corrected chi connectivity index (χ3v) is 2.94. The summed E-state index contributed by atoms with van der Waals surface area (Å²) in [7, 11) is 0. The molecule has 6 heteroatoms. The topological polar surface area (TPSA) is 83.0 Å². The van der Waals surface area contributed by atoms with Gasteiger partial charge in [0.25, 0.3) is 0 Å². The van der Waals surface area contributed by atoms with E-state index in [1.165, 1.54) is 6.20 Å². The quantitative estimate of drug-likeness (QED) is 0.833. The van der Waals surface area contributed by atoms with Crippen LogP contribution in [-0.2, 0) is 4.74 Å². The fraction of sp³-hybridized carbons (Fsp3) is 0.357. The fourth-order valence-electron chi connectivity index (χ4n) is 2.07. The van der Waals surface area contributed by atoms with Gasteiger partial charge in [0, 0.05) is 24.6 Å². The zero-order valence-electron chi connectivity index (χ0n) is 11.6. The molecular formula is C14H18N4O2. The Morgan fingerprint density at radius 3 is 2.75 bits per heavy atom. The van der Waals surface area contributed by atoms with Gasteiger partial charge in [0.1, 0.15) is 0 Å². The van der Waals surface area contributed by atoms with Gasteiger partial charge in [0.05, 0.1) is 24.4 Å². The second kappa shape index (κ2) is 6.29. The van der Waals surface area contributed by atoms with Gasteiger partial charge >= 0.3 is 5.97 Å². The molecule has 106 valence electrons. The molecule has 2 aromatic rings. The molecule has 2 N–H and O–H groups in total. The summed E-state index contributed by atoms with van der Waals surface area (Å²) in [6.07, 6.45) is 6.57. The number of hydrogen-bond donors (Lipinski definition) is 1. The molecule has 2 atom stereocenters. The Balaban J connectivity index is 2.30. The van der Waals surface area contributed by atoms with E-state index < -0.39 is 0 Å². The van der Waals surface area contributed by atoms with E-state index in [4.69, 9.17) is 10.5 Å². The van der Waals surface area contributed by atoms with Crippen LogP contribution in [0.3, 0.4) is 0 Å². The molecule has 20 heavy (non-hydrogen) atoms.